The zero-order chi connectivity index (χ0) is 16.0. The molecule has 0 aliphatic heterocycles. The van der Waals surface area contributed by atoms with Crippen LogP contribution in [-0.2, 0) is 4.79 Å². The number of benzene rings is 1. The molecule has 0 radical (unpaired) electrons. The lowest BCUT2D eigenvalue weighted by atomic mass is 10.2. The number of ether oxygens (including phenoxy) is 3. The van der Waals surface area contributed by atoms with Crippen molar-refractivity contribution >= 4 is 5.91 Å². The number of hydrogen-bond donors (Lipinski definition) is 0. The van der Waals surface area contributed by atoms with Crippen LogP contribution < -0.4 is 14.2 Å². The predicted molar refractivity (Wildman–Crippen MR) is 82.2 cm³/mol. The fourth-order valence-electron chi connectivity index (χ4n) is 2.34. The summed E-state index contributed by atoms with van der Waals surface area (Å²) in [6.07, 6.45) is 0. The van der Waals surface area contributed by atoms with Crippen molar-refractivity contribution in [1.82, 2.24) is 4.90 Å². The molecule has 21 heavy (non-hydrogen) atoms. The van der Waals surface area contributed by atoms with Crippen molar-refractivity contribution in [2.24, 2.45) is 0 Å². The smallest absolute Gasteiger partial charge is 0.260 e. The first-order chi connectivity index (χ1) is 9.92. The number of methoxy groups -OCH3 is 2. The van der Waals surface area contributed by atoms with E-state index >= 15 is 0 Å². The van der Waals surface area contributed by atoms with Gasteiger partial charge < -0.3 is 19.1 Å². The molecule has 0 aromatic heterocycles. The molecule has 0 bridgehead atoms. The van der Waals surface area contributed by atoms with Gasteiger partial charge in [-0.25, -0.2) is 0 Å². The number of carbonyl (C=O) groups is 1. The minimum absolute atomic E-state index is 0.0485. The van der Waals surface area contributed by atoms with Crippen LogP contribution in [-0.4, -0.2) is 43.7 Å². The van der Waals surface area contributed by atoms with Gasteiger partial charge in [-0.15, -0.1) is 0 Å². The Hall–Kier alpha value is -1.91. The van der Waals surface area contributed by atoms with E-state index < -0.39 is 0 Å². The Balaban J connectivity index is 2.86. The summed E-state index contributed by atoms with van der Waals surface area (Å²) in [5, 5.41) is 0. The van der Waals surface area contributed by atoms with Gasteiger partial charge in [-0.3, -0.25) is 4.79 Å². The Kier molecular flexibility index (Phi) is 6.34. The van der Waals surface area contributed by atoms with Crippen molar-refractivity contribution in [2.45, 2.75) is 39.8 Å². The summed E-state index contributed by atoms with van der Waals surface area (Å²) in [6, 6.07) is 5.60. The summed E-state index contributed by atoms with van der Waals surface area (Å²) < 4.78 is 16.1. The molecule has 0 atom stereocenters. The van der Waals surface area contributed by atoms with Gasteiger partial charge in [-0.2, -0.15) is 0 Å². The summed E-state index contributed by atoms with van der Waals surface area (Å²) in [4.78, 5) is 14.1. The van der Waals surface area contributed by atoms with Crippen molar-refractivity contribution < 1.29 is 19.0 Å². The molecule has 1 amide bonds. The van der Waals surface area contributed by atoms with E-state index in [1.807, 2.05) is 27.7 Å². The van der Waals surface area contributed by atoms with Crippen LogP contribution in [0.25, 0.3) is 0 Å². The van der Waals surface area contributed by atoms with E-state index in [0.29, 0.717) is 17.2 Å². The van der Waals surface area contributed by atoms with E-state index in [1.54, 1.807) is 37.3 Å². The van der Waals surface area contributed by atoms with Crippen LogP contribution in [0.4, 0.5) is 0 Å². The maximum Gasteiger partial charge on any atom is 0.260 e. The highest BCUT2D eigenvalue weighted by atomic mass is 16.5. The number of para-hydroxylation sites is 1. The molecule has 0 heterocycles. The van der Waals surface area contributed by atoms with E-state index in [9.17, 15) is 4.79 Å². The molecule has 5 nitrogen and oxygen atoms in total. The third-order valence-corrected chi connectivity index (χ3v) is 3.12. The molecule has 0 N–H and O–H groups in total. The summed E-state index contributed by atoms with van der Waals surface area (Å²) in [5.74, 6) is 1.47. The molecule has 0 aliphatic rings. The Bertz CT molecular complexity index is 441. The number of hydrogen-bond acceptors (Lipinski definition) is 4. The molecule has 1 aromatic carbocycles. The topological polar surface area (TPSA) is 48.0 Å². The third kappa shape index (κ3) is 4.28. The standard InChI is InChI=1S/C16H25NO4/c1-11(2)17(12(3)4)15(18)10-21-16-13(19-5)8-7-9-14(16)20-6/h7-9,11-12H,10H2,1-6H3. The Labute approximate surface area is 126 Å². The van der Waals surface area contributed by atoms with E-state index in [1.165, 1.54) is 0 Å². The largest absolute Gasteiger partial charge is 0.493 e. The van der Waals surface area contributed by atoms with E-state index in [4.69, 9.17) is 14.2 Å². The van der Waals surface area contributed by atoms with Gasteiger partial charge in [0.2, 0.25) is 5.75 Å². The molecule has 0 unspecified atom stereocenters. The quantitative estimate of drug-likeness (QED) is 0.776. The molecule has 0 saturated heterocycles. The van der Waals surface area contributed by atoms with Crippen LogP contribution in [0.15, 0.2) is 18.2 Å². The maximum absolute atomic E-state index is 12.3. The van der Waals surface area contributed by atoms with Gasteiger partial charge >= 0.3 is 0 Å². The molecule has 1 rings (SSSR count). The molecule has 5 heteroatoms. The average molecular weight is 295 g/mol. The lowest BCUT2D eigenvalue weighted by molar-refractivity contribution is -0.137. The molecule has 0 saturated carbocycles. The first-order valence-corrected chi connectivity index (χ1v) is 7.07. The summed E-state index contributed by atoms with van der Waals surface area (Å²) in [5.41, 5.74) is 0. The number of carbonyl (C=O) groups excluding carboxylic acids is 1. The second kappa shape index (κ2) is 7.76. The highest BCUT2D eigenvalue weighted by Gasteiger charge is 2.21. The first kappa shape index (κ1) is 17.1. The Morgan fingerprint density at radius 2 is 1.52 bits per heavy atom. The number of nitrogens with zero attached hydrogens (tertiary/aromatic N) is 1. The van der Waals surface area contributed by atoms with Gasteiger partial charge in [0.15, 0.2) is 18.1 Å². The minimum Gasteiger partial charge on any atom is -0.493 e. The van der Waals surface area contributed by atoms with Crippen molar-refractivity contribution in [3.05, 3.63) is 18.2 Å². The van der Waals surface area contributed by atoms with E-state index in [-0.39, 0.29) is 24.6 Å². The lowest BCUT2D eigenvalue weighted by Crippen LogP contribution is -2.44. The van der Waals surface area contributed by atoms with Crippen LogP contribution in [0.3, 0.4) is 0 Å². The summed E-state index contributed by atoms with van der Waals surface area (Å²) in [6.45, 7) is 7.90. The molecule has 0 fully saturated rings. The minimum atomic E-state index is -0.0621. The molecular formula is C16H25NO4. The summed E-state index contributed by atoms with van der Waals surface area (Å²) in [7, 11) is 3.11. The third-order valence-electron chi connectivity index (χ3n) is 3.12. The normalized spacial score (nSPS) is 10.7. The van der Waals surface area contributed by atoms with Gasteiger partial charge in [0.25, 0.3) is 5.91 Å². The molecule has 1 aromatic rings. The predicted octanol–water partition coefficient (Wildman–Crippen LogP) is 2.73. The SMILES string of the molecule is COc1cccc(OC)c1OCC(=O)N(C(C)C)C(C)C. The second-order valence-corrected chi connectivity index (χ2v) is 5.27. The van der Waals surface area contributed by atoms with Crippen LogP contribution >= 0.6 is 0 Å². The van der Waals surface area contributed by atoms with Crippen molar-refractivity contribution in [2.75, 3.05) is 20.8 Å². The molecule has 118 valence electrons. The maximum atomic E-state index is 12.3. The van der Waals surface area contributed by atoms with E-state index in [2.05, 4.69) is 0 Å². The van der Waals surface area contributed by atoms with Gasteiger partial charge in [0.05, 0.1) is 14.2 Å². The van der Waals surface area contributed by atoms with Gasteiger partial charge in [-0.1, -0.05) is 6.07 Å². The highest BCUT2D eigenvalue weighted by Crippen LogP contribution is 2.36. The molecule has 0 spiro atoms. The first-order valence-electron chi connectivity index (χ1n) is 7.07. The van der Waals surface area contributed by atoms with Crippen LogP contribution in [0, 0.1) is 0 Å². The van der Waals surface area contributed by atoms with Gasteiger partial charge in [-0.05, 0) is 39.8 Å². The fourth-order valence-corrected chi connectivity index (χ4v) is 2.34. The number of amides is 1. The zero-order valence-corrected chi connectivity index (χ0v) is 13.7. The summed E-state index contributed by atoms with van der Waals surface area (Å²) >= 11 is 0. The lowest BCUT2D eigenvalue weighted by Gasteiger charge is -2.30. The Morgan fingerprint density at radius 3 is 1.90 bits per heavy atom. The van der Waals surface area contributed by atoms with Crippen molar-refractivity contribution in [3.8, 4) is 17.2 Å². The fraction of sp³-hybridized carbons (Fsp3) is 0.562. The number of rotatable bonds is 7. The zero-order valence-electron chi connectivity index (χ0n) is 13.7. The van der Waals surface area contributed by atoms with Crippen molar-refractivity contribution in [3.63, 3.8) is 0 Å². The molecular weight excluding hydrogens is 270 g/mol. The molecule has 0 aliphatic carbocycles. The van der Waals surface area contributed by atoms with Crippen LogP contribution in [0.2, 0.25) is 0 Å². The Morgan fingerprint density at radius 1 is 1.05 bits per heavy atom. The van der Waals surface area contributed by atoms with Crippen molar-refractivity contribution in [1.29, 1.82) is 0 Å². The van der Waals surface area contributed by atoms with Gasteiger partial charge in [0.1, 0.15) is 0 Å². The highest BCUT2D eigenvalue weighted by molar-refractivity contribution is 5.78. The van der Waals surface area contributed by atoms with E-state index in [0.717, 1.165) is 0 Å². The average Bonchev–Trinajstić information content (AvgIpc) is 2.43. The second-order valence-electron chi connectivity index (χ2n) is 5.27. The van der Waals surface area contributed by atoms with Gasteiger partial charge in [0, 0.05) is 12.1 Å². The monoisotopic (exact) mass is 295 g/mol. The van der Waals surface area contributed by atoms with Crippen LogP contribution in [0.5, 0.6) is 17.2 Å². The van der Waals surface area contributed by atoms with Crippen LogP contribution in [0.1, 0.15) is 27.7 Å².